The molecule has 0 bridgehead atoms. The molecule has 4 heteroatoms. The molecule has 80 valence electrons. The van der Waals surface area contributed by atoms with E-state index in [0.29, 0.717) is 18.1 Å². The Labute approximate surface area is 89.5 Å². The van der Waals surface area contributed by atoms with E-state index in [2.05, 4.69) is 11.2 Å². The molecular weight excluding hydrogens is 190 g/mol. The van der Waals surface area contributed by atoms with Crippen LogP contribution in [0.5, 0.6) is 5.88 Å². The molecule has 1 aromatic rings. The average molecular weight is 205 g/mol. The standard InChI is InChI=1S/C11H15N3O/c1-8-10(7-12)11(14(2)13-8)15-6-5-9-3-4-9/h9H,3-6H2,1-2H3. The summed E-state index contributed by atoms with van der Waals surface area (Å²) in [6, 6.07) is 2.13. The third-order valence-electron chi connectivity index (χ3n) is 2.74. The summed E-state index contributed by atoms with van der Waals surface area (Å²) in [6.45, 7) is 2.52. The second-order valence-electron chi connectivity index (χ2n) is 4.08. The van der Waals surface area contributed by atoms with Crippen LogP contribution in [-0.2, 0) is 7.05 Å². The van der Waals surface area contributed by atoms with E-state index in [1.165, 1.54) is 12.8 Å². The maximum Gasteiger partial charge on any atom is 0.230 e. The number of nitriles is 1. The van der Waals surface area contributed by atoms with Crippen molar-refractivity contribution in [2.45, 2.75) is 26.2 Å². The van der Waals surface area contributed by atoms with Gasteiger partial charge >= 0.3 is 0 Å². The Balaban J connectivity index is 2.02. The fourth-order valence-corrected chi connectivity index (χ4v) is 1.66. The largest absolute Gasteiger partial charge is 0.477 e. The van der Waals surface area contributed by atoms with Crippen LogP contribution in [0.4, 0.5) is 0 Å². The van der Waals surface area contributed by atoms with Gasteiger partial charge in [0.2, 0.25) is 5.88 Å². The van der Waals surface area contributed by atoms with E-state index in [0.717, 1.165) is 18.0 Å². The van der Waals surface area contributed by atoms with E-state index in [1.807, 2.05) is 6.92 Å². The number of hydrogen-bond donors (Lipinski definition) is 0. The Morgan fingerprint density at radius 2 is 2.33 bits per heavy atom. The van der Waals surface area contributed by atoms with Gasteiger partial charge < -0.3 is 4.74 Å². The zero-order chi connectivity index (χ0) is 10.8. The van der Waals surface area contributed by atoms with Crippen molar-refractivity contribution in [2.24, 2.45) is 13.0 Å². The first-order valence-electron chi connectivity index (χ1n) is 5.29. The second kappa shape index (κ2) is 3.93. The number of ether oxygens (including phenoxy) is 1. The summed E-state index contributed by atoms with van der Waals surface area (Å²) in [5.74, 6) is 1.46. The predicted molar refractivity (Wildman–Crippen MR) is 55.5 cm³/mol. The fraction of sp³-hybridized carbons (Fsp3) is 0.636. The van der Waals surface area contributed by atoms with Gasteiger partial charge in [0.1, 0.15) is 11.6 Å². The highest BCUT2D eigenvalue weighted by Crippen LogP contribution is 2.32. The van der Waals surface area contributed by atoms with E-state index < -0.39 is 0 Å². The van der Waals surface area contributed by atoms with Crippen LogP contribution in [0.2, 0.25) is 0 Å². The smallest absolute Gasteiger partial charge is 0.230 e. The highest BCUT2D eigenvalue weighted by molar-refractivity contribution is 5.41. The van der Waals surface area contributed by atoms with Crippen molar-refractivity contribution in [2.75, 3.05) is 6.61 Å². The van der Waals surface area contributed by atoms with Crippen molar-refractivity contribution in [1.29, 1.82) is 5.26 Å². The lowest BCUT2D eigenvalue weighted by Gasteiger charge is -2.05. The zero-order valence-corrected chi connectivity index (χ0v) is 9.16. The van der Waals surface area contributed by atoms with Crippen LogP contribution >= 0.6 is 0 Å². The van der Waals surface area contributed by atoms with Crippen molar-refractivity contribution in [3.8, 4) is 11.9 Å². The van der Waals surface area contributed by atoms with Gasteiger partial charge in [-0.2, -0.15) is 10.4 Å². The van der Waals surface area contributed by atoms with Crippen LogP contribution in [0.3, 0.4) is 0 Å². The lowest BCUT2D eigenvalue weighted by molar-refractivity contribution is 0.277. The highest BCUT2D eigenvalue weighted by Gasteiger charge is 2.21. The minimum absolute atomic E-state index is 0.563. The van der Waals surface area contributed by atoms with Gasteiger partial charge in [-0.15, -0.1) is 0 Å². The summed E-state index contributed by atoms with van der Waals surface area (Å²) in [5, 5.41) is 13.1. The molecule has 0 aliphatic heterocycles. The van der Waals surface area contributed by atoms with Crippen LogP contribution in [0, 0.1) is 24.2 Å². The number of aromatic nitrogens is 2. The maximum absolute atomic E-state index is 8.95. The molecule has 1 saturated carbocycles. The molecule has 0 unspecified atom stereocenters. The molecule has 1 fully saturated rings. The SMILES string of the molecule is Cc1nn(C)c(OCCC2CC2)c1C#N. The molecule has 0 saturated heterocycles. The minimum atomic E-state index is 0.563. The van der Waals surface area contributed by atoms with E-state index in [9.17, 15) is 0 Å². The van der Waals surface area contributed by atoms with Crippen LogP contribution in [0.25, 0.3) is 0 Å². The van der Waals surface area contributed by atoms with Crippen LogP contribution in [-0.4, -0.2) is 16.4 Å². The maximum atomic E-state index is 8.95. The average Bonchev–Trinajstić information content (AvgIpc) is 2.95. The molecule has 0 atom stereocenters. The molecule has 0 N–H and O–H groups in total. The summed E-state index contributed by atoms with van der Waals surface area (Å²) in [4.78, 5) is 0. The molecule has 1 aliphatic rings. The Bertz CT molecular complexity index is 399. The second-order valence-corrected chi connectivity index (χ2v) is 4.08. The Morgan fingerprint density at radius 3 is 2.93 bits per heavy atom. The molecule has 0 spiro atoms. The van der Waals surface area contributed by atoms with Gasteiger partial charge in [-0.1, -0.05) is 12.8 Å². The number of rotatable bonds is 4. The summed E-state index contributed by atoms with van der Waals surface area (Å²) >= 11 is 0. The normalized spacial score (nSPS) is 15.0. The predicted octanol–water partition coefficient (Wildman–Crippen LogP) is 1.78. The van der Waals surface area contributed by atoms with E-state index >= 15 is 0 Å². The monoisotopic (exact) mass is 205 g/mol. The van der Waals surface area contributed by atoms with Crippen LogP contribution < -0.4 is 4.74 Å². The Hall–Kier alpha value is -1.50. The van der Waals surface area contributed by atoms with Gasteiger partial charge in [-0.3, -0.25) is 0 Å². The van der Waals surface area contributed by atoms with E-state index in [1.54, 1.807) is 11.7 Å². The van der Waals surface area contributed by atoms with Crippen LogP contribution in [0.1, 0.15) is 30.5 Å². The Morgan fingerprint density at radius 1 is 1.60 bits per heavy atom. The molecule has 0 aromatic carbocycles. The molecule has 0 amide bonds. The zero-order valence-electron chi connectivity index (χ0n) is 9.16. The lowest BCUT2D eigenvalue weighted by Crippen LogP contribution is -2.04. The highest BCUT2D eigenvalue weighted by atomic mass is 16.5. The van der Waals surface area contributed by atoms with Gasteiger partial charge in [-0.05, 0) is 19.3 Å². The number of hydrogen-bond acceptors (Lipinski definition) is 3. The quantitative estimate of drug-likeness (QED) is 0.752. The number of nitrogens with zero attached hydrogens (tertiary/aromatic N) is 3. The van der Waals surface area contributed by atoms with Crippen molar-refractivity contribution in [3.63, 3.8) is 0 Å². The summed E-state index contributed by atoms with van der Waals surface area (Å²) < 4.78 is 7.25. The van der Waals surface area contributed by atoms with E-state index in [4.69, 9.17) is 10.00 Å². The summed E-state index contributed by atoms with van der Waals surface area (Å²) in [7, 11) is 1.81. The topological polar surface area (TPSA) is 50.8 Å². The summed E-state index contributed by atoms with van der Waals surface area (Å²) in [5.41, 5.74) is 1.30. The van der Waals surface area contributed by atoms with Gasteiger partial charge in [0, 0.05) is 7.05 Å². The van der Waals surface area contributed by atoms with Gasteiger partial charge in [0.25, 0.3) is 0 Å². The number of aryl methyl sites for hydroxylation is 2. The fourth-order valence-electron chi connectivity index (χ4n) is 1.66. The van der Waals surface area contributed by atoms with Gasteiger partial charge in [0.05, 0.1) is 12.3 Å². The van der Waals surface area contributed by atoms with Crippen molar-refractivity contribution >= 4 is 0 Å². The summed E-state index contributed by atoms with van der Waals surface area (Å²) in [6.07, 6.45) is 3.76. The lowest BCUT2D eigenvalue weighted by atomic mass is 10.3. The first-order valence-corrected chi connectivity index (χ1v) is 5.29. The Kier molecular flexibility index (Phi) is 2.63. The molecule has 0 radical (unpaired) electrons. The molecule has 1 aliphatic carbocycles. The first kappa shape index (κ1) is 10.0. The third kappa shape index (κ3) is 2.12. The third-order valence-corrected chi connectivity index (χ3v) is 2.74. The molecule has 2 rings (SSSR count). The van der Waals surface area contributed by atoms with Gasteiger partial charge in [0.15, 0.2) is 0 Å². The molecule has 4 nitrogen and oxygen atoms in total. The molecule has 1 aromatic heterocycles. The molecular formula is C11H15N3O. The van der Waals surface area contributed by atoms with Crippen LogP contribution in [0.15, 0.2) is 0 Å². The van der Waals surface area contributed by atoms with Gasteiger partial charge in [-0.25, -0.2) is 4.68 Å². The van der Waals surface area contributed by atoms with Crippen molar-refractivity contribution < 1.29 is 4.74 Å². The molecule has 15 heavy (non-hydrogen) atoms. The van der Waals surface area contributed by atoms with Crippen molar-refractivity contribution in [1.82, 2.24) is 9.78 Å². The molecule has 1 heterocycles. The first-order chi connectivity index (χ1) is 7.22. The van der Waals surface area contributed by atoms with E-state index in [-0.39, 0.29) is 0 Å². The minimum Gasteiger partial charge on any atom is -0.477 e. The van der Waals surface area contributed by atoms with Crippen molar-refractivity contribution in [3.05, 3.63) is 11.3 Å².